The lowest BCUT2D eigenvalue weighted by molar-refractivity contribution is -0.143. The van der Waals surface area contributed by atoms with Crippen LogP contribution in [0.25, 0.3) is 11.1 Å². The van der Waals surface area contributed by atoms with Crippen LogP contribution in [0.4, 0.5) is 0 Å². The first-order valence-corrected chi connectivity index (χ1v) is 7.00. The number of carbonyl (C=O) groups excluding carboxylic acids is 1. The molecule has 0 saturated heterocycles. The second-order valence-corrected chi connectivity index (χ2v) is 4.87. The van der Waals surface area contributed by atoms with Crippen molar-refractivity contribution in [3.63, 3.8) is 0 Å². The summed E-state index contributed by atoms with van der Waals surface area (Å²) in [6, 6.07) is 16.8. The number of hydrogen-bond donors (Lipinski definition) is 0. The van der Waals surface area contributed by atoms with Crippen molar-refractivity contribution < 1.29 is 9.53 Å². The van der Waals surface area contributed by atoms with E-state index >= 15 is 0 Å². The minimum atomic E-state index is -0.131. The smallest absolute Gasteiger partial charge is 0.306 e. The van der Waals surface area contributed by atoms with Crippen molar-refractivity contribution in [1.29, 1.82) is 0 Å². The van der Waals surface area contributed by atoms with Crippen molar-refractivity contribution in [2.75, 3.05) is 6.61 Å². The summed E-state index contributed by atoms with van der Waals surface area (Å²) in [5, 5.41) is 0. The van der Waals surface area contributed by atoms with Gasteiger partial charge in [0.15, 0.2) is 0 Å². The molecule has 2 aromatic rings. The highest BCUT2D eigenvalue weighted by molar-refractivity contribution is 5.70. The van der Waals surface area contributed by atoms with Crippen LogP contribution in [0.1, 0.15) is 24.5 Å². The Bertz CT molecular complexity index is 570. The largest absolute Gasteiger partial charge is 0.466 e. The van der Waals surface area contributed by atoms with Gasteiger partial charge in [0.25, 0.3) is 0 Å². The van der Waals surface area contributed by atoms with Crippen molar-refractivity contribution in [3.05, 3.63) is 59.7 Å². The number of esters is 1. The highest BCUT2D eigenvalue weighted by Crippen LogP contribution is 2.21. The van der Waals surface area contributed by atoms with Gasteiger partial charge < -0.3 is 4.74 Å². The lowest BCUT2D eigenvalue weighted by Gasteiger charge is -2.06. The Morgan fingerprint density at radius 1 is 1.05 bits per heavy atom. The van der Waals surface area contributed by atoms with E-state index < -0.39 is 0 Å². The van der Waals surface area contributed by atoms with Crippen LogP contribution < -0.4 is 0 Å². The van der Waals surface area contributed by atoms with E-state index in [-0.39, 0.29) is 5.97 Å². The van der Waals surface area contributed by atoms with E-state index in [1.165, 1.54) is 16.7 Å². The van der Waals surface area contributed by atoms with Crippen LogP contribution in [-0.4, -0.2) is 12.6 Å². The van der Waals surface area contributed by atoms with Gasteiger partial charge in [0.2, 0.25) is 0 Å². The highest BCUT2D eigenvalue weighted by atomic mass is 16.5. The molecule has 0 N–H and O–H groups in total. The van der Waals surface area contributed by atoms with Crippen molar-refractivity contribution in [3.8, 4) is 11.1 Å². The summed E-state index contributed by atoms with van der Waals surface area (Å²) in [6.45, 7) is 4.36. The topological polar surface area (TPSA) is 26.3 Å². The second-order valence-electron chi connectivity index (χ2n) is 4.87. The number of carbonyl (C=O) groups is 1. The summed E-state index contributed by atoms with van der Waals surface area (Å²) in [4.78, 5) is 11.4. The molecule has 0 atom stereocenters. The first-order valence-electron chi connectivity index (χ1n) is 7.00. The van der Waals surface area contributed by atoms with Gasteiger partial charge in [-0.2, -0.15) is 0 Å². The molecule has 0 bridgehead atoms. The van der Waals surface area contributed by atoms with Crippen molar-refractivity contribution in [1.82, 2.24) is 0 Å². The molecule has 0 aliphatic carbocycles. The van der Waals surface area contributed by atoms with Gasteiger partial charge in [0, 0.05) is 6.42 Å². The summed E-state index contributed by atoms with van der Waals surface area (Å²) in [6.07, 6.45) is 1.16. The van der Waals surface area contributed by atoms with Crippen LogP contribution in [0.15, 0.2) is 48.5 Å². The lowest BCUT2D eigenvalue weighted by atomic mass is 10.0. The minimum absolute atomic E-state index is 0.131. The Labute approximate surface area is 120 Å². The van der Waals surface area contributed by atoms with Crippen LogP contribution >= 0.6 is 0 Å². The molecule has 0 saturated carbocycles. The molecule has 0 unspecified atom stereocenters. The fraction of sp³-hybridized carbons (Fsp3) is 0.278. The van der Waals surface area contributed by atoms with Gasteiger partial charge in [0.05, 0.1) is 6.61 Å². The number of rotatable bonds is 5. The SMILES string of the molecule is CCOC(=O)CCc1cccc(-c2ccc(C)cc2)c1. The number of benzene rings is 2. The normalized spacial score (nSPS) is 10.3. The van der Waals surface area contributed by atoms with E-state index in [9.17, 15) is 4.79 Å². The number of ether oxygens (including phenoxy) is 1. The van der Waals surface area contributed by atoms with Crippen LogP contribution in [-0.2, 0) is 16.0 Å². The molecule has 104 valence electrons. The summed E-state index contributed by atoms with van der Waals surface area (Å²) < 4.78 is 4.95. The molecule has 0 spiro atoms. The van der Waals surface area contributed by atoms with Gasteiger partial charge in [-0.25, -0.2) is 0 Å². The van der Waals surface area contributed by atoms with E-state index in [4.69, 9.17) is 4.74 Å². The van der Waals surface area contributed by atoms with Crippen LogP contribution in [0.5, 0.6) is 0 Å². The predicted octanol–water partition coefficient (Wildman–Crippen LogP) is 4.16. The fourth-order valence-electron chi connectivity index (χ4n) is 2.13. The second kappa shape index (κ2) is 6.90. The third kappa shape index (κ3) is 3.95. The fourth-order valence-corrected chi connectivity index (χ4v) is 2.13. The van der Waals surface area contributed by atoms with E-state index in [1.807, 2.05) is 13.0 Å². The molecule has 0 radical (unpaired) electrons. The maximum Gasteiger partial charge on any atom is 0.306 e. The first-order chi connectivity index (χ1) is 9.69. The molecule has 0 fully saturated rings. The average Bonchev–Trinajstić information content (AvgIpc) is 2.47. The summed E-state index contributed by atoms with van der Waals surface area (Å²) in [5.74, 6) is -0.131. The Morgan fingerprint density at radius 2 is 1.80 bits per heavy atom. The molecule has 0 amide bonds. The molecular weight excluding hydrogens is 248 g/mol. The van der Waals surface area contributed by atoms with Crippen molar-refractivity contribution >= 4 is 5.97 Å². The monoisotopic (exact) mass is 268 g/mol. The van der Waals surface area contributed by atoms with Gasteiger partial charge in [0.1, 0.15) is 0 Å². The standard InChI is InChI=1S/C18H20O2/c1-3-20-18(19)12-9-15-5-4-6-17(13-15)16-10-7-14(2)8-11-16/h4-8,10-11,13H,3,9,12H2,1-2H3. The maximum absolute atomic E-state index is 11.4. The summed E-state index contributed by atoms with van der Waals surface area (Å²) in [5.41, 5.74) is 4.81. The van der Waals surface area contributed by atoms with E-state index in [2.05, 4.69) is 49.4 Å². The molecular formula is C18H20O2. The van der Waals surface area contributed by atoms with Crippen LogP contribution in [0, 0.1) is 6.92 Å². The molecule has 0 aromatic heterocycles. The summed E-state index contributed by atoms with van der Waals surface area (Å²) in [7, 11) is 0. The third-order valence-corrected chi connectivity index (χ3v) is 3.24. The van der Waals surface area contributed by atoms with Gasteiger partial charge >= 0.3 is 5.97 Å². The maximum atomic E-state index is 11.4. The molecule has 0 aliphatic rings. The zero-order valence-corrected chi connectivity index (χ0v) is 12.1. The Morgan fingerprint density at radius 3 is 2.50 bits per heavy atom. The Balaban J connectivity index is 2.08. The third-order valence-electron chi connectivity index (χ3n) is 3.24. The molecule has 2 heteroatoms. The highest BCUT2D eigenvalue weighted by Gasteiger charge is 2.04. The average molecular weight is 268 g/mol. The van der Waals surface area contributed by atoms with Gasteiger partial charge in [-0.3, -0.25) is 4.79 Å². The molecule has 2 aromatic carbocycles. The first kappa shape index (κ1) is 14.3. The Hall–Kier alpha value is -2.09. The number of aryl methyl sites for hydroxylation is 2. The van der Waals surface area contributed by atoms with Gasteiger partial charge in [-0.1, -0.05) is 54.1 Å². The zero-order valence-electron chi connectivity index (χ0n) is 12.1. The van der Waals surface area contributed by atoms with Gasteiger partial charge in [-0.05, 0) is 37.0 Å². The van der Waals surface area contributed by atoms with Crippen LogP contribution in [0.2, 0.25) is 0 Å². The Kier molecular flexibility index (Phi) is 4.94. The summed E-state index contributed by atoms with van der Waals surface area (Å²) >= 11 is 0. The lowest BCUT2D eigenvalue weighted by Crippen LogP contribution is -2.05. The molecule has 0 aliphatic heterocycles. The minimum Gasteiger partial charge on any atom is -0.466 e. The van der Waals surface area contributed by atoms with Crippen molar-refractivity contribution in [2.45, 2.75) is 26.7 Å². The van der Waals surface area contributed by atoms with E-state index in [0.29, 0.717) is 13.0 Å². The predicted molar refractivity (Wildman–Crippen MR) is 81.6 cm³/mol. The molecule has 2 rings (SSSR count). The van der Waals surface area contributed by atoms with Crippen LogP contribution in [0.3, 0.4) is 0 Å². The van der Waals surface area contributed by atoms with Gasteiger partial charge in [-0.15, -0.1) is 0 Å². The molecule has 0 heterocycles. The quantitative estimate of drug-likeness (QED) is 0.761. The van der Waals surface area contributed by atoms with E-state index in [1.54, 1.807) is 0 Å². The van der Waals surface area contributed by atoms with Crippen molar-refractivity contribution in [2.24, 2.45) is 0 Å². The molecule has 2 nitrogen and oxygen atoms in total. The van der Waals surface area contributed by atoms with E-state index in [0.717, 1.165) is 12.0 Å². The number of hydrogen-bond acceptors (Lipinski definition) is 2. The molecule has 20 heavy (non-hydrogen) atoms. The zero-order chi connectivity index (χ0) is 14.4.